The highest BCUT2D eigenvalue weighted by molar-refractivity contribution is 7.89. The summed E-state index contributed by atoms with van der Waals surface area (Å²) in [4.78, 5) is 11.1. The van der Waals surface area contributed by atoms with Gasteiger partial charge in [0.15, 0.2) is 0 Å². The van der Waals surface area contributed by atoms with Gasteiger partial charge in [0, 0.05) is 20.2 Å². The van der Waals surface area contributed by atoms with Crippen molar-refractivity contribution < 1.29 is 22.7 Å². The van der Waals surface area contributed by atoms with E-state index in [0.717, 1.165) is 12.8 Å². The zero-order valence-corrected chi connectivity index (χ0v) is 12.4. The topological polar surface area (TPSA) is 72.9 Å². The second kappa shape index (κ2) is 7.81. The number of carbonyl (C=O) groups excluding carboxylic acids is 1. The van der Waals surface area contributed by atoms with Crippen LogP contribution in [0.5, 0.6) is 0 Å². The molecule has 0 aromatic heterocycles. The normalized spacial score (nSPS) is 15.7. The van der Waals surface area contributed by atoms with Gasteiger partial charge in [0.25, 0.3) is 0 Å². The van der Waals surface area contributed by atoms with E-state index in [4.69, 9.17) is 4.74 Å². The lowest BCUT2D eigenvalue weighted by molar-refractivity contribution is -0.140. The molecule has 1 aliphatic carbocycles. The standard InChI is InChI=1S/C12H23NO5S/c1-17-9-8-13(7-5-12(14)18-2)19(15,16)10-6-11-3-4-11/h11H,3-10H2,1-2H3. The number of hydrogen-bond donors (Lipinski definition) is 0. The lowest BCUT2D eigenvalue weighted by Gasteiger charge is -2.21. The van der Waals surface area contributed by atoms with E-state index in [1.807, 2.05) is 0 Å². The molecule has 1 aliphatic rings. The minimum absolute atomic E-state index is 0.0723. The van der Waals surface area contributed by atoms with E-state index in [2.05, 4.69) is 4.74 Å². The summed E-state index contributed by atoms with van der Waals surface area (Å²) in [7, 11) is -0.490. The molecule has 0 amide bonds. The molecule has 1 rings (SSSR count). The monoisotopic (exact) mass is 293 g/mol. The van der Waals surface area contributed by atoms with Gasteiger partial charge in [-0.25, -0.2) is 8.42 Å². The van der Waals surface area contributed by atoms with E-state index in [1.54, 1.807) is 0 Å². The van der Waals surface area contributed by atoms with Crippen LogP contribution in [0.15, 0.2) is 0 Å². The molecule has 112 valence electrons. The average Bonchev–Trinajstić information content (AvgIpc) is 3.20. The van der Waals surface area contributed by atoms with Crippen molar-refractivity contribution in [3.8, 4) is 0 Å². The lowest BCUT2D eigenvalue weighted by Crippen LogP contribution is -2.37. The van der Waals surface area contributed by atoms with Gasteiger partial charge < -0.3 is 9.47 Å². The molecule has 0 aliphatic heterocycles. The minimum Gasteiger partial charge on any atom is -0.469 e. The number of hydrogen-bond acceptors (Lipinski definition) is 5. The molecular formula is C12H23NO5S. The molecule has 0 bridgehead atoms. The summed E-state index contributed by atoms with van der Waals surface area (Å²) < 4.78 is 35.2. The van der Waals surface area contributed by atoms with Crippen LogP contribution in [-0.4, -0.2) is 58.4 Å². The zero-order valence-electron chi connectivity index (χ0n) is 11.6. The van der Waals surface area contributed by atoms with Crippen molar-refractivity contribution in [1.82, 2.24) is 4.31 Å². The molecule has 0 spiro atoms. The van der Waals surface area contributed by atoms with E-state index >= 15 is 0 Å². The van der Waals surface area contributed by atoms with Gasteiger partial charge in [-0.1, -0.05) is 12.8 Å². The summed E-state index contributed by atoms with van der Waals surface area (Å²) in [6.45, 7) is 0.757. The Morgan fingerprint density at radius 2 is 1.95 bits per heavy atom. The fraction of sp³-hybridized carbons (Fsp3) is 0.917. The number of nitrogens with zero attached hydrogens (tertiary/aromatic N) is 1. The van der Waals surface area contributed by atoms with Gasteiger partial charge in [0.1, 0.15) is 0 Å². The molecule has 6 nitrogen and oxygen atoms in total. The van der Waals surface area contributed by atoms with Crippen LogP contribution >= 0.6 is 0 Å². The van der Waals surface area contributed by atoms with Gasteiger partial charge in [-0.2, -0.15) is 4.31 Å². The molecule has 19 heavy (non-hydrogen) atoms. The molecular weight excluding hydrogens is 270 g/mol. The fourth-order valence-electron chi connectivity index (χ4n) is 1.75. The van der Waals surface area contributed by atoms with E-state index in [0.29, 0.717) is 18.9 Å². The summed E-state index contributed by atoms with van der Waals surface area (Å²) in [5, 5.41) is 0. The van der Waals surface area contributed by atoms with E-state index < -0.39 is 16.0 Å². The Bertz CT molecular complexity index is 378. The lowest BCUT2D eigenvalue weighted by atomic mass is 10.3. The van der Waals surface area contributed by atoms with Crippen molar-refractivity contribution in [3.05, 3.63) is 0 Å². The van der Waals surface area contributed by atoms with E-state index in [1.165, 1.54) is 18.5 Å². The summed E-state index contributed by atoms with van der Waals surface area (Å²) in [6, 6.07) is 0. The summed E-state index contributed by atoms with van der Waals surface area (Å²) >= 11 is 0. The van der Waals surface area contributed by atoms with Gasteiger partial charge in [-0.05, 0) is 12.3 Å². The molecule has 0 atom stereocenters. The van der Waals surface area contributed by atoms with Gasteiger partial charge >= 0.3 is 5.97 Å². The smallest absolute Gasteiger partial charge is 0.306 e. The summed E-state index contributed by atoms with van der Waals surface area (Å²) in [5.74, 6) is 0.321. The van der Waals surface area contributed by atoms with Gasteiger partial charge in [0.05, 0.1) is 25.9 Å². The largest absolute Gasteiger partial charge is 0.469 e. The molecule has 7 heteroatoms. The van der Waals surface area contributed by atoms with Crippen molar-refractivity contribution in [2.75, 3.05) is 39.7 Å². The van der Waals surface area contributed by atoms with Crippen LogP contribution < -0.4 is 0 Å². The number of methoxy groups -OCH3 is 2. The maximum Gasteiger partial charge on any atom is 0.306 e. The Morgan fingerprint density at radius 1 is 1.26 bits per heavy atom. The third kappa shape index (κ3) is 6.35. The van der Waals surface area contributed by atoms with Gasteiger partial charge in [0.2, 0.25) is 10.0 Å². The highest BCUT2D eigenvalue weighted by atomic mass is 32.2. The maximum atomic E-state index is 12.2. The van der Waals surface area contributed by atoms with E-state index in [9.17, 15) is 13.2 Å². The van der Waals surface area contributed by atoms with Crippen molar-refractivity contribution >= 4 is 16.0 Å². The molecule has 0 unspecified atom stereocenters. The van der Waals surface area contributed by atoms with Crippen LogP contribution in [0.4, 0.5) is 0 Å². The Labute approximate surface area is 115 Å². The van der Waals surface area contributed by atoms with E-state index in [-0.39, 0.29) is 25.3 Å². The number of sulfonamides is 1. The number of rotatable bonds is 10. The van der Waals surface area contributed by atoms with Crippen LogP contribution in [0.25, 0.3) is 0 Å². The molecule has 0 radical (unpaired) electrons. The first-order valence-corrected chi connectivity index (χ1v) is 8.14. The second-order valence-electron chi connectivity index (χ2n) is 4.77. The van der Waals surface area contributed by atoms with Crippen LogP contribution in [0.1, 0.15) is 25.7 Å². The molecule has 1 saturated carbocycles. The Balaban J connectivity index is 2.50. The van der Waals surface area contributed by atoms with Crippen LogP contribution in [0.2, 0.25) is 0 Å². The molecule has 0 aromatic carbocycles. The van der Waals surface area contributed by atoms with Crippen molar-refractivity contribution in [2.45, 2.75) is 25.7 Å². The van der Waals surface area contributed by atoms with Crippen LogP contribution in [0.3, 0.4) is 0 Å². The third-order valence-corrected chi connectivity index (χ3v) is 5.12. The zero-order chi connectivity index (χ0) is 14.3. The molecule has 0 saturated heterocycles. The SMILES string of the molecule is COCCN(CCC(=O)OC)S(=O)(=O)CCC1CC1. The average molecular weight is 293 g/mol. The third-order valence-electron chi connectivity index (χ3n) is 3.21. The Kier molecular flexibility index (Phi) is 6.74. The first kappa shape index (κ1) is 16.4. The summed E-state index contributed by atoms with van der Waals surface area (Å²) in [5.41, 5.74) is 0. The van der Waals surface area contributed by atoms with Gasteiger partial charge in [-0.3, -0.25) is 4.79 Å². The molecule has 1 fully saturated rings. The van der Waals surface area contributed by atoms with Crippen molar-refractivity contribution in [2.24, 2.45) is 5.92 Å². The van der Waals surface area contributed by atoms with Crippen LogP contribution in [-0.2, 0) is 24.3 Å². The second-order valence-corrected chi connectivity index (χ2v) is 6.85. The molecule has 0 N–H and O–H groups in total. The number of ether oxygens (including phenoxy) is 2. The quantitative estimate of drug-likeness (QED) is 0.552. The summed E-state index contributed by atoms with van der Waals surface area (Å²) in [6.07, 6.45) is 3.05. The minimum atomic E-state index is -3.31. The highest BCUT2D eigenvalue weighted by Gasteiger charge is 2.27. The first-order valence-electron chi connectivity index (χ1n) is 6.53. The van der Waals surface area contributed by atoms with Crippen molar-refractivity contribution in [1.29, 1.82) is 0 Å². The first-order chi connectivity index (χ1) is 8.99. The predicted octanol–water partition coefficient (Wildman–Crippen LogP) is 0.628. The fourth-order valence-corrected chi connectivity index (χ4v) is 3.36. The Hall–Kier alpha value is -0.660. The van der Waals surface area contributed by atoms with Crippen molar-refractivity contribution in [3.63, 3.8) is 0 Å². The Morgan fingerprint density at radius 3 is 2.47 bits per heavy atom. The predicted molar refractivity (Wildman–Crippen MR) is 71.2 cm³/mol. The highest BCUT2D eigenvalue weighted by Crippen LogP contribution is 2.32. The number of esters is 1. The molecule has 0 aromatic rings. The number of carbonyl (C=O) groups is 1. The molecule has 0 heterocycles. The maximum absolute atomic E-state index is 12.2. The van der Waals surface area contributed by atoms with Gasteiger partial charge in [-0.15, -0.1) is 0 Å². The van der Waals surface area contributed by atoms with Crippen LogP contribution in [0, 0.1) is 5.92 Å².